The van der Waals surface area contributed by atoms with Crippen LogP contribution in [0.1, 0.15) is 6.42 Å². The summed E-state index contributed by atoms with van der Waals surface area (Å²) in [5, 5.41) is 3.09. The first kappa shape index (κ1) is 12.5. The molecule has 1 aromatic heterocycles. The van der Waals surface area contributed by atoms with Crippen LogP contribution in [0.25, 0.3) is 10.9 Å². The molecule has 2 N–H and O–H groups in total. The van der Waals surface area contributed by atoms with Crippen molar-refractivity contribution in [1.29, 1.82) is 0 Å². The molecular weight excluding hydrogens is 250 g/mol. The van der Waals surface area contributed by atoms with Gasteiger partial charge in [0.05, 0.1) is 10.9 Å². The van der Waals surface area contributed by atoms with E-state index < -0.39 is 0 Å². The summed E-state index contributed by atoms with van der Waals surface area (Å²) in [7, 11) is 1.56. The van der Waals surface area contributed by atoms with E-state index >= 15 is 0 Å². The Morgan fingerprint density at radius 2 is 2.17 bits per heavy atom. The molecule has 1 heterocycles. The highest BCUT2D eigenvalue weighted by atomic mass is 32.1. The molecule has 1 amide bonds. The zero-order valence-electron chi connectivity index (χ0n) is 9.90. The minimum absolute atomic E-state index is 0.121. The number of H-pyrrole nitrogens is 1. The minimum Gasteiger partial charge on any atom is -0.359 e. The van der Waals surface area contributed by atoms with Crippen LogP contribution in [-0.2, 0) is 11.3 Å². The number of nitrogens with zero attached hydrogens (tertiary/aromatic N) is 1. The number of benzene rings is 1. The third-order valence-electron chi connectivity index (χ3n) is 2.73. The Morgan fingerprint density at radius 1 is 1.44 bits per heavy atom. The molecule has 0 saturated carbocycles. The molecule has 0 bridgehead atoms. The second kappa shape index (κ2) is 5.14. The van der Waals surface area contributed by atoms with E-state index in [0.717, 1.165) is 0 Å². The highest BCUT2D eigenvalue weighted by Gasteiger charge is 2.06. The zero-order valence-corrected chi connectivity index (χ0v) is 10.7. The van der Waals surface area contributed by atoms with Crippen LogP contribution in [-0.4, -0.2) is 22.5 Å². The number of carbonyl (C=O) groups is 1. The van der Waals surface area contributed by atoms with E-state index in [4.69, 9.17) is 12.2 Å². The smallest absolute Gasteiger partial charge is 0.262 e. The Morgan fingerprint density at radius 3 is 2.89 bits per heavy atom. The van der Waals surface area contributed by atoms with Crippen LogP contribution in [0.4, 0.5) is 0 Å². The zero-order chi connectivity index (χ0) is 13.1. The third-order valence-corrected chi connectivity index (χ3v) is 3.05. The monoisotopic (exact) mass is 263 g/mol. The number of carbonyl (C=O) groups excluding carboxylic acids is 1. The van der Waals surface area contributed by atoms with Crippen molar-refractivity contribution in [1.82, 2.24) is 14.9 Å². The lowest BCUT2D eigenvalue weighted by Crippen LogP contribution is -2.26. The number of fused-ring (bicyclic) bond motifs is 1. The van der Waals surface area contributed by atoms with Crippen LogP contribution in [0.5, 0.6) is 0 Å². The van der Waals surface area contributed by atoms with Gasteiger partial charge in [-0.15, -0.1) is 0 Å². The minimum atomic E-state index is -0.168. The van der Waals surface area contributed by atoms with Crippen LogP contribution in [0, 0.1) is 4.77 Å². The first-order chi connectivity index (χ1) is 8.63. The molecule has 0 unspecified atom stereocenters. The molecule has 0 aliphatic carbocycles. The van der Waals surface area contributed by atoms with Crippen molar-refractivity contribution in [2.45, 2.75) is 13.0 Å². The van der Waals surface area contributed by atoms with E-state index in [1.54, 1.807) is 25.2 Å². The molecule has 0 spiro atoms. The number of aromatic amines is 1. The highest BCUT2D eigenvalue weighted by Crippen LogP contribution is 2.06. The van der Waals surface area contributed by atoms with Gasteiger partial charge in [0.2, 0.25) is 5.91 Å². The lowest BCUT2D eigenvalue weighted by molar-refractivity contribution is -0.120. The van der Waals surface area contributed by atoms with Gasteiger partial charge in [0.25, 0.3) is 5.56 Å². The fourth-order valence-corrected chi connectivity index (χ4v) is 2.02. The SMILES string of the molecule is CNC(=O)CCn1c(=S)[nH]c2ccccc2c1=O. The Kier molecular flexibility index (Phi) is 3.57. The molecule has 0 fully saturated rings. The summed E-state index contributed by atoms with van der Waals surface area (Å²) in [5.74, 6) is -0.121. The predicted octanol–water partition coefficient (Wildman–Crippen LogP) is 1.20. The van der Waals surface area contributed by atoms with Gasteiger partial charge >= 0.3 is 0 Å². The van der Waals surface area contributed by atoms with Gasteiger partial charge in [-0.3, -0.25) is 14.2 Å². The van der Waals surface area contributed by atoms with Crippen molar-refractivity contribution in [3.8, 4) is 0 Å². The maximum atomic E-state index is 12.2. The van der Waals surface area contributed by atoms with E-state index in [-0.39, 0.29) is 24.4 Å². The fourth-order valence-electron chi connectivity index (χ4n) is 1.74. The van der Waals surface area contributed by atoms with Crippen molar-refractivity contribution < 1.29 is 4.79 Å². The average Bonchev–Trinajstić information content (AvgIpc) is 2.38. The van der Waals surface area contributed by atoms with Gasteiger partial charge in [-0.1, -0.05) is 12.1 Å². The molecule has 0 atom stereocenters. The van der Waals surface area contributed by atoms with E-state index in [9.17, 15) is 9.59 Å². The van der Waals surface area contributed by atoms with Gasteiger partial charge in [0.15, 0.2) is 4.77 Å². The molecule has 0 aliphatic rings. The number of rotatable bonds is 3. The molecule has 18 heavy (non-hydrogen) atoms. The van der Waals surface area contributed by atoms with Crippen molar-refractivity contribution in [2.75, 3.05) is 7.05 Å². The van der Waals surface area contributed by atoms with Crippen molar-refractivity contribution in [3.05, 3.63) is 39.4 Å². The molecule has 0 aliphatic heterocycles. The maximum absolute atomic E-state index is 12.2. The van der Waals surface area contributed by atoms with Gasteiger partial charge in [-0.2, -0.15) is 0 Å². The van der Waals surface area contributed by atoms with Crippen molar-refractivity contribution in [3.63, 3.8) is 0 Å². The van der Waals surface area contributed by atoms with Gasteiger partial charge in [0, 0.05) is 20.0 Å². The van der Waals surface area contributed by atoms with Crippen LogP contribution >= 0.6 is 12.2 Å². The van der Waals surface area contributed by atoms with Crippen molar-refractivity contribution >= 4 is 29.0 Å². The van der Waals surface area contributed by atoms with Crippen LogP contribution in [0.3, 0.4) is 0 Å². The molecule has 1 aromatic carbocycles. The third kappa shape index (κ3) is 2.33. The number of hydrogen-bond acceptors (Lipinski definition) is 3. The summed E-state index contributed by atoms with van der Waals surface area (Å²) in [5.41, 5.74) is 0.543. The van der Waals surface area contributed by atoms with Crippen LogP contribution in [0.2, 0.25) is 0 Å². The van der Waals surface area contributed by atoms with E-state index in [0.29, 0.717) is 15.7 Å². The molecule has 0 saturated heterocycles. The fraction of sp³-hybridized carbons (Fsp3) is 0.250. The number of hydrogen-bond donors (Lipinski definition) is 2. The molecular formula is C12H13N3O2S. The van der Waals surface area contributed by atoms with Gasteiger partial charge < -0.3 is 10.3 Å². The molecule has 6 heteroatoms. The second-order valence-corrected chi connectivity index (χ2v) is 4.24. The Hall–Kier alpha value is -1.95. The highest BCUT2D eigenvalue weighted by molar-refractivity contribution is 7.71. The summed E-state index contributed by atoms with van der Waals surface area (Å²) < 4.78 is 1.75. The summed E-state index contributed by atoms with van der Waals surface area (Å²) in [6, 6.07) is 7.17. The molecule has 0 radical (unpaired) electrons. The maximum Gasteiger partial charge on any atom is 0.262 e. The van der Waals surface area contributed by atoms with E-state index in [1.807, 2.05) is 6.07 Å². The van der Waals surface area contributed by atoms with E-state index in [2.05, 4.69) is 10.3 Å². The van der Waals surface area contributed by atoms with Crippen LogP contribution in [0.15, 0.2) is 29.1 Å². The largest absolute Gasteiger partial charge is 0.359 e. The summed E-state index contributed by atoms with van der Waals surface area (Å²) >= 11 is 5.13. The number of aromatic nitrogens is 2. The Balaban J connectivity index is 2.48. The lowest BCUT2D eigenvalue weighted by atomic mass is 10.2. The number of nitrogens with one attached hydrogen (secondary N) is 2. The van der Waals surface area contributed by atoms with Gasteiger partial charge in [0.1, 0.15) is 0 Å². The topological polar surface area (TPSA) is 66.9 Å². The molecule has 2 rings (SSSR count). The van der Waals surface area contributed by atoms with Gasteiger partial charge in [-0.25, -0.2) is 0 Å². The average molecular weight is 263 g/mol. The first-order valence-corrected chi connectivity index (χ1v) is 5.96. The molecule has 94 valence electrons. The summed E-state index contributed by atoms with van der Waals surface area (Å²) in [6.07, 6.45) is 0.228. The standard InChI is InChI=1S/C12H13N3O2S/c1-13-10(16)6-7-15-11(17)8-4-2-3-5-9(8)14-12(15)18/h2-5H,6-7H2,1H3,(H,13,16)(H,14,18). The number of amides is 1. The summed E-state index contributed by atoms with van der Waals surface area (Å²) in [6.45, 7) is 0.276. The van der Waals surface area contributed by atoms with Crippen LogP contribution < -0.4 is 10.9 Å². The van der Waals surface area contributed by atoms with E-state index in [1.165, 1.54) is 4.57 Å². The molecule has 5 nitrogen and oxygen atoms in total. The summed E-state index contributed by atoms with van der Waals surface area (Å²) in [4.78, 5) is 26.4. The Bertz CT molecular complexity index is 702. The van der Waals surface area contributed by atoms with Crippen molar-refractivity contribution in [2.24, 2.45) is 0 Å². The normalized spacial score (nSPS) is 10.5. The first-order valence-electron chi connectivity index (χ1n) is 5.56. The number of para-hydroxylation sites is 1. The Labute approximate surface area is 108 Å². The van der Waals surface area contributed by atoms with Gasteiger partial charge in [-0.05, 0) is 24.4 Å². The quantitative estimate of drug-likeness (QED) is 0.818. The predicted molar refractivity (Wildman–Crippen MR) is 72.1 cm³/mol. The second-order valence-electron chi connectivity index (χ2n) is 3.86. The molecule has 2 aromatic rings. The lowest BCUT2D eigenvalue weighted by Gasteiger charge is -2.07.